The van der Waals surface area contributed by atoms with Crippen LogP contribution in [0.3, 0.4) is 0 Å². The zero-order valence-electron chi connectivity index (χ0n) is 12.0. The van der Waals surface area contributed by atoms with E-state index in [2.05, 4.69) is 22.2 Å². The average Bonchev–Trinajstić information content (AvgIpc) is 3.31. The quantitative estimate of drug-likeness (QED) is 0.653. The molecule has 0 saturated heterocycles. The van der Waals surface area contributed by atoms with Gasteiger partial charge in [0, 0.05) is 24.5 Å². The number of nitrogens with one attached hydrogen (secondary N) is 1. The molecule has 0 spiro atoms. The Morgan fingerprint density at radius 2 is 2.19 bits per heavy atom. The van der Waals surface area contributed by atoms with E-state index in [0.29, 0.717) is 18.3 Å². The number of para-hydroxylation sites is 1. The molecule has 1 N–H and O–H groups in total. The molecule has 110 valence electrons. The number of likely N-dealkylation sites (N-methyl/N-ethyl adjacent to an activating group) is 1. The highest BCUT2D eigenvalue weighted by molar-refractivity contribution is 5.95. The number of pyridine rings is 1. The van der Waals surface area contributed by atoms with Gasteiger partial charge in [0.05, 0.1) is 10.4 Å². The third kappa shape index (κ3) is 2.95. The molecule has 1 aromatic carbocycles. The third-order valence-electron chi connectivity index (χ3n) is 3.89. The smallest absolute Gasteiger partial charge is 0.311 e. The second-order valence-electron chi connectivity index (χ2n) is 5.43. The van der Waals surface area contributed by atoms with Crippen LogP contribution < -0.4 is 5.32 Å². The van der Waals surface area contributed by atoms with Crippen LogP contribution in [-0.4, -0.2) is 41.0 Å². The predicted molar refractivity (Wildman–Crippen MR) is 82.5 cm³/mol. The van der Waals surface area contributed by atoms with Gasteiger partial charge in [-0.05, 0) is 26.0 Å². The highest BCUT2D eigenvalue weighted by atomic mass is 16.6. The van der Waals surface area contributed by atoms with E-state index in [1.165, 1.54) is 19.0 Å². The molecule has 1 aromatic heterocycles. The molecule has 0 atom stereocenters. The minimum atomic E-state index is -0.383. The Bertz CT molecular complexity index is 670. The van der Waals surface area contributed by atoms with Crippen LogP contribution in [0.15, 0.2) is 30.5 Å². The Morgan fingerprint density at radius 3 is 2.90 bits per heavy atom. The van der Waals surface area contributed by atoms with Crippen LogP contribution in [0, 0.1) is 10.1 Å². The Hall–Kier alpha value is -2.21. The van der Waals surface area contributed by atoms with Gasteiger partial charge in [-0.15, -0.1) is 0 Å². The lowest BCUT2D eigenvalue weighted by Crippen LogP contribution is -2.27. The van der Waals surface area contributed by atoms with Crippen LogP contribution in [0.5, 0.6) is 0 Å². The van der Waals surface area contributed by atoms with Gasteiger partial charge >= 0.3 is 5.69 Å². The molecule has 1 saturated carbocycles. The number of aromatic nitrogens is 1. The van der Waals surface area contributed by atoms with Gasteiger partial charge in [0.1, 0.15) is 11.9 Å². The van der Waals surface area contributed by atoms with E-state index in [1.807, 2.05) is 24.3 Å². The fourth-order valence-corrected chi connectivity index (χ4v) is 2.51. The van der Waals surface area contributed by atoms with E-state index in [1.54, 1.807) is 0 Å². The number of nitro groups is 1. The zero-order chi connectivity index (χ0) is 14.8. The Labute approximate surface area is 122 Å². The summed E-state index contributed by atoms with van der Waals surface area (Å²) in [6.07, 6.45) is 3.85. The van der Waals surface area contributed by atoms with Crippen molar-refractivity contribution in [2.24, 2.45) is 0 Å². The second-order valence-corrected chi connectivity index (χ2v) is 5.43. The monoisotopic (exact) mass is 286 g/mol. The van der Waals surface area contributed by atoms with E-state index in [0.717, 1.165) is 17.4 Å². The molecular weight excluding hydrogens is 268 g/mol. The van der Waals surface area contributed by atoms with Crippen molar-refractivity contribution in [2.75, 3.05) is 25.5 Å². The number of rotatable bonds is 6. The first kappa shape index (κ1) is 13.8. The Morgan fingerprint density at radius 1 is 1.43 bits per heavy atom. The molecule has 3 rings (SSSR count). The van der Waals surface area contributed by atoms with Crippen molar-refractivity contribution in [3.8, 4) is 0 Å². The van der Waals surface area contributed by atoms with Crippen molar-refractivity contribution >= 4 is 22.3 Å². The SMILES string of the molecule is CN(CCNc1c([N+](=O)[O-])cnc2ccccc12)C1CC1. The van der Waals surface area contributed by atoms with Crippen LogP contribution in [0.25, 0.3) is 10.9 Å². The fraction of sp³-hybridized carbons (Fsp3) is 0.400. The summed E-state index contributed by atoms with van der Waals surface area (Å²) in [7, 11) is 2.10. The van der Waals surface area contributed by atoms with Gasteiger partial charge in [0.25, 0.3) is 0 Å². The zero-order valence-corrected chi connectivity index (χ0v) is 12.0. The average molecular weight is 286 g/mol. The maximum atomic E-state index is 11.2. The van der Waals surface area contributed by atoms with Gasteiger partial charge in [0.15, 0.2) is 0 Å². The van der Waals surface area contributed by atoms with Crippen LogP contribution in [-0.2, 0) is 0 Å². The third-order valence-corrected chi connectivity index (χ3v) is 3.89. The van der Waals surface area contributed by atoms with Crippen molar-refractivity contribution < 1.29 is 4.92 Å². The Kier molecular flexibility index (Phi) is 3.70. The summed E-state index contributed by atoms with van der Waals surface area (Å²) in [4.78, 5) is 17.3. The first-order valence-electron chi connectivity index (χ1n) is 7.13. The van der Waals surface area contributed by atoms with Crippen LogP contribution in [0.4, 0.5) is 11.4 Å². The van der Waals surface area contributed by atoms with E-state index >= 15 is 0 Å². The molecule has 0 unspecified atom stereocenters. The topological polar surface area (TPSA) is 71.3 Å². The molecule has 1 heterocycles. The number of hydrogen-bond donors (Lipinski definition) is 1. The first-order chi connectivity index (χ1) is 10.2. The number of benzene rings is 1. The second kappa shape index (κ2) is 5.65. The summed E-state index contributed by atoms with van der Waals surface area (Å²) >= 11 is 0. The van der Waals surface area contributed by atoms with Crippen molar-refractivity contribution in [1.29, 1.82) is 0 Å². The molecule has 2 aromatic rings. The van der Waals surface area contributed by atoms with Crippen LogP contribution in [0.1, 0.15) is 12.8 Å². The molecule has 0 aliphatic heterocycles. The summed E-state index contributed by atoms with van der Waals surface area (Å²) in [6, 6.07) is 8.17. The number of hydrogen-bond acceptors (Lipinski definition) is 5. The largest absolute Gasteiger partial charge is 0.378 e. The van der Waals surface area contributed by atoms with Gasteiger partial charge in [0.2, 0.25) is 0 Å². The minimum absolute atomic E-state index is 0.0303. The van der Waals surface area contributed by atoms with E-state index in [9.17, 15) is 10.1 Å². The van der Waals surface area contributed by atoms with E-state index in [4.69, 9.17) is 0 Å². The predicted octanol–water partition coefficient (Wildman–Crippen LogP) is 2.65. The van der Waals surface area contributed by atoms with E-state index in [-0.39, 0.29) is 10.6 Å². The maximum Gasteiger partial charge on any atom is 0.311 e. The Balaban J connectivity index is 1.83. The highest BCUT2D eigenvalue weighted by Gasteiger charge is 2.25. The molecule has 1 aliphatic carbocycles. The van der Waals surface area contributed by atoms with Gasteiger partial charge < -0.3 is 10.2 Å². The molecule has 1 aliphatic rings. The van der Waals surface area contributed by atoms with Crippen LogP contribution in [0.2, 0.25) is 0 Å². The van der Waals surface area contributed by atoms with Gasteiger partial charge in [-0.2, -0.15) is 0 Å². The number of nitrogens with zero attached hydrogens (tertiary/aromatic N) is 3. The molecule has 6 nitrogen and oxygen atoms in total. The number of anilines is 1. The molecule has 0 radical (unpaired) electrons. The molecule has 0 bridgehead atoms. The van der Waals surface area contributed by atoms with Crippen molar-refractivity contribution in [3.63, 3.8) is 0 Å². The highest BCUT2D eigenvalue weighted by Crippen LogP contribution is 2.31. The van der Waals surface area contributed by atoms with Crippen LogP contribution >= 0.6 is 0 Å². The summed E-state index contributed by atoms with van der Waals surface area (Å²) in [5.41, 5.74) is 1.36. The summed E-state index contributed by atoms with van der Waals surface area (Å²) < 4.78 is 0. The molecule has 0 amide bonds. The molecule has 6 heteroatoms. The van der Waals surface area contributed by atoms with Gasteiger partial charge in [-0.25, -0.2) is 4.98 Å². The lowest BCUT2D eigenvalue weighted by molar-refractivity contribution is -0.384. The number of fused-ring (bicyclic) bond motifs is 1. The lowest BCUT2D eigenvalue weighted by Gasteiger charge is -2.16. The minimum Gasteiger partial charge on any atom is -0.378 e. The van der Waals surface area contributed by atoms with Crippen molar-refractivity contribution in [2.45, 2.75) is 18.9 Å². The lowest BCUT2D eigenvalue weighted by atomic mass is 10.1. The molecule has 1 fully saturated rings. The summed E-state index contributed by atoms with van der Waals surface area (Å²) in [5, 5.41) is 15.2. The standard InChI is InChI=1S/C15H18N4O2/c1-18(11-6-7-11)9-8-16-15-12-4-2-3-5-13(12)17-10-14(15)19(20)21/h2-5,10-11H,6-9H2,1H3,(H,16,17). The van der Waals surface area contributed by atoms with Gasteiger partial charge in [-0.1, -0.05) is 18.2 Å². The molecule has 21 heavy (non-hydrogen) atoms. The first-order valence-corrected chi connectivity index (χ1v) is 7.13. The van der Waals surface area contributed by atoms with Gasteiger partial charge in [-0.3, -0.25) is 10.1 Å². The normalized spacial score (nSPS) is 14.6. The summed E-state index contributed by atoms with van der Waals surface area (Å²) in [5.74, 6) is 0. The van der Waals surface area contributed by atoms with Crippen molar-refractivity contribution in [3.05, 3.63) is 40.6 Å². The molecular formula is C15H18N4O2. The van der Waals surface area contributed by atoms with E-state index < -0.39 is 0 Å². The summed E-state index contributed by atoms with van der Waals surface area (Å²) in [6.45, 7) is 1.56. The fourth-order valence-electron chi connectivity index (χ4n) is 2.51. The van der Waals surface area contributed by atoms with Crippen molar-refractivity contribution in [1.82, 2.24) is 9.88 Å². The maximum absolute atomic E-state index is 11.2.